The van der Waals surface area contributed by atoms with E-state index in [0.717, 1.165) is 12.1 Å². The molecule has 2 aromatic rings. The molecule has 0 spiro atoms. The molecule has 0 aliphatic heterocycles. The van der Waals surface area contributed by atoms with E-state index < -0.39 is 0 Å². The summed E-state index contributed by atoms with van der Waals surface area (Å²) in [6.45, 7) is 4.04. The van der Waals surface area contributed by atoms with Gasteiger partial charge in [-0.1, -0.05) is 13.0 Å². The molecule has 0 saturated carbocycles. The molecule has 1 aromatic carbocycles. The lowest BCUT2D eigenvalue weighted by Crippen LogP contribution is -1.99. The first-order chi connectivity index (χ1) is 7.16. The Bertz CT molecular complexity index is 482. The fourth-order valence-electron chi connectivity index (χ4n) is 1.96. The van der Waals surface area contributed by atoms with Gasteiger partial charge < -0.3 is 10.4 Å². The van der Waals surface area contributed by atoms with Gasteiger partial charge >= 0.3 is 0 Å². The normalized spacial score (nSPS) is 12.9. The molecule has 0 aliphatic rings. The van der Waals surface area contributed by atoms with E-state index in [4.69, 9.17) is 5.41 Å². The lowest BCUT2D eigenvalue weighted by atomic mass is 9.95. The monoisotopic (exact) mass is 200 g/mol. The zero-order valence-electron chi connectivity index (χ0n) is 9.17. The van der Waals surface area contributed by atoms with E-state index in [-0.39, 0.29) is 0 Å². The van der Waals surface area contributed by atoms with Crippen molar-refractivity contribution in [2.75, 3.05) is 0 Å². The number of benzene rings is 1. The summed E-state index contributed by atoms with van der Waals surface area (Å²) >= 11 is 0. The SMILES string of the molecule is CC(=N)CC(C)c1ccc2[nH]ccc2c1. The Morgan fingerprint density at radius 2 is 2.20 bits per heavy atom. The van der Waals surface area contributed by atoms with Crippen LogP contribution in [0.1, 0.15) is 31.7 Å². The van der Waals surface area contributed by atoms with Gasteiger partial charge in [-0.05, 0) is 48.4 Å². The molecule has 0 aliphatic carbocycles. The van der Waals surface area contributed by atoms with Crippen LogP contribution >= 0.6 is 0 Å². The number of fused-ring (bicyclic) bond motifs is 1. The maximum atomic E-state index is 7.50. The maximum absolute atomic E-state index is 7.50. The highest BCUT2D eigenvalue weighted by atomic mass is 14.7. The van der Waals surface area contributed by atoms with E-state index >= 15 is 0 Å². The van der Waals surface area contributed by atoms with Crippen LogP contribution in [-0.2, 0) is 0 Å². The van der Waals surface area contributed by atoms with E-state index in [1.54, 1.807) is 0 Å². The fourth-order valence-corrected chi connectivity index (χ4v) is 1.96. The third-order valence-electron chi connectivity index (χ3n) is 2.76. The Hall–Kier alpha value is -1.57. The lowest BCUT2D eigenvalue weighted by Gasteiger charge is -2.10. The van der Waals surface area contributed by atoms with E-state index in [1.807, 2.05) is 13.1 Å². The van der Waals surface area contributed by atoms with Crippen molar-refractivity contribution in [2.45, 2.75) is 26.2 Å². The second-order valence-electron chi connectivity index (χ2n) is 4.21. The molecule has 78 valence electrons. The highest BCUT2D eigenvalue weighted by Gasteiger charge is 2.07. The summed E-state index contributed by atoms with van der Waals surface area (Å²) in [5.41, 5.74) is 3.24. The summed E-state index contributed by atoms with van der Waals surface area (Å²) in [4.78, 5) is 3.18. The summed E-state index contributed by atoms with van der Waals surface area (Å²) in [6.07, 6.45) is 2.80. The van der Waals surface area contributed by atoms with Crippen LogP contribution in [-0.4, -0.2) is 10.7 Å². The van der Waals surface area contributed by atoms with Crippen molar-refractivity contribution in [1.29, 1.82) is 5.41 Å². The zero-order chi connectivity index (χ0) is 10.8. The minimum absolute atomic E-state index is 0.432. The fraction of sp³-hybridized carbons (Fsp3) is 0.308. The number of aromatic amines is 1. The molecule has 2 rings (SSSR count). The Balaban J connectivity index is 2.30. The van der Waals surface area contributed by atoms with Crippen LogP contribution in [0.4, 0.5) is 0 Å². The smallest absolute Gasteiger partial charge is 0.0454 e. The van der Waals surface area contributed by atoms with Crippen LogP contribution in [0, 0.1) is 5.41 Å². The average molecular weight is 200 g/mol. The van der Waals surface area contributed by atoms with Gasteiger partial charge in [-0.25, -0.2) is 0 Å². The second-order valence-corrected chi connectivity index (χ2v) is 4.21. The van der Waals surface area contributed by atoms with Gasteiger partial charge in [0.1, 0.15) is 0 Å². The van der Waals surface area contributed by atoms with E-state index in [2.05, 4.69) is 36.2 Å². The van der Waals surface area contributed by atoms with Crippen LogP contribution in [0.15, 0.2) is 30.5 Å². The second kappa shape index (κ2) is 3.89. The maximum Gasteiger partial charge on any atom is 0.0454 e. The highest BCUT2D eigenvalue weighted by molar-refractivity contribution is 5.81. The van der Waals surface area contributed by atoms with Gasteiger partial charge in [-0.2, -0.15) is 0 Å². The van der Waals surface area contributed by atoms with Gasteiger partial charge in [0.05, 0.1) is 0 Å². The molecule has 0 fully saturated rings. The molecular weight excluding hydrogens is 184 g/mol. The van der Waals surface area contributed by atoms with Crippen molar-refractivity contribution in [2.24, 2.45) is 0 Å². The quantitative estimate of drug-likeness (QED) is 0.709. The Morgan fingerprint density at radius 1 is 1.40 bits per heavy atom. The van der Waals surface area contributed by atoms with Gasteiger partial charge in [-0.3, -0.25) is 0 Å². The molecule has 2 N–H and O–H groups in total. The summed E-state index contributed by atoms with van der Waals surface area (Å²) in [6, 6.07) is 8.55. The van der Waals surface area contributed by atoms with Crippen LogP contribution in [0.5, 0.6) is 0 Å². The number of rotatable bonds is 3. The molecule has 1 unspecified atom stereocenters. The largest absolute Gasteiger partial charge is 0.361 e. The van der Waals surface area contributed by atoms with Gasteiger partial charge in [-0.15, -0.1) is 0 Å². The van der Waals surface area contributed by atoms with Gasteiger partial charge in [0.15, 0.2) is 0 Å². The van der Waals surface area contributed by atoms with Crippen molar-refractivity contribution in [3.8, 4) is 0 Å². The minimum Gasteiger partial charge on any atom is -0.361 e. The predicted octanol–water partition coefficient (Wildman–Crippen LogP) is 3.70. The van der Waals surface area contributed by atoms with Crippen molar-refractivity contribution in [1.82, 2.24) is 4.98 Å². The standard InChI is InChI=1S/C13H16N2/c1-9(7-10(2)14)11-3-4-13-12(8-11)5-6-15-13/h3-6,8-9,14-15H,7H2,1-2H3. The van der Waals surface area contributed by atoms with Gasteiger partial charge in [0.2, 0.25) is 0 Å². The molecule has 0 radical (unpaired) electrons. The Labute approximate surface area is 89.8 Å². The average Bonchev–Trinajstić information content (AvgIpc) is 2.62. The van der Waals surface area contributed by atoms with E-state index in [1.165, 1.54) is 16.5 Å². The number of aromatic nitrogens is 1. The molecule has 0 amide bonds. The summed E-state index contributed by atoms with van der Waals surface area (Å²) in [7, 11) is 0. The minimum atomic E-state index is 0.432. The summed E-state index contributed by atoms with van der Waals surface area (Å²) < 4.78 is 0. The first-order valence-corrected chi connectivity index (χ1v) is 5.28. The van der Waals surface area contributed by atoms with Crippen molar-refractivity contribution in [3.05, 3.63) is 36.0 Å². The van der Waals surface area contributed by atoms with Crippen molar-refractivity contribution < 1.29 is 0 Å². The molecular formula is C13H16N2. The first kappa shape index (κ1) is 9.97. The lowest BCUT2D eigenvalue weighted by molar-refractivity contribution is 0.801. The highest BCUT2D eigenvalue weighted by Crippen LogP contribution is 2.23. The topological polar surface area (TPSA) is 39.6 Å². The third kappa shape index (κ3) is 2.09. The van der Waals surface area contributed by atoms with Crippen LogP contribution in [0.25, 0.3) is 10.9 Å². The molecule has 15 heavy (non-hydrogen) atoms. The first-order valence-electron chi connectivity index (χ1n) is 5.28. The number of hydrogen-bond donors (Lipinski definition) is 2. The van der Waals surface area contributed by atoms with Gasteiger partial charge in [0, 0.05) is 17.4 Å². The Kier molecular flexibility index (Phi) is 2.58. The summed E-state index contributed by atoms with van der Waals surface area (Å²) in [5.74, 6) is 0.432. The molecule has 2 nitrogen and oxygen atoms in total. The summed E-state index contributed by atoms with van der Waals surface area (Å²) in [5, 5.41) is 8.75. The van der Waals surface area contributed by atoms with Crippen LogP contribution < -0.4 is 0 Å². The Morgan fingerprint density at radius 3 is 2.93 bits per heavy atom. The molecule has 2 heteroatoms. The van der Waals surface area contributed by atoms with Crippen molar-refractivity contribution in [3.63, 3.8) is 0 Å². The zero-order valence-corrected chi connectivity index (χ0v) is 9.17. The molecule has 1 heterocycles. The molecule has 1 atom stereocenters. The van der Waals surface area contributed by atoms with Crippen LogP contribution in [0.3, 0.4) is 0 Å². The third-order valence-corrected chi connectivity index (χ3v) is 2.76. The number of nitrogens with one attached hydrogen (secondary N) is 2. The molecule has 0 bridgehead atoms. The van der Waals surface area contributed by atoms with Gasteiger partial charge in [0.25, 0.3) is 0 Å². The van der Waals surface area contributed by atoms with E-state index in [0.29, 0.717) is 5.92 Å². The predicted molar refractivity (Wildman–Crippen MR) is 64.7 cm³/mol. The van der Waals surface area contributed by atoms with Crippen LogP contribution in [0.2, 0.25) is 0 Å². The molecule has 0 saturated heterocycles. The van der Waals surface area contributed by atoms with Crippen molar-refractivity contribution >= 4 is 16.6 Å². The van der Waals surface area contributed by atoms with E-state index in [9.17, 15) is 0 Å². The number of H-pyrrole nitrogens is 1. The number of hydrogen-bond acceptors (Lipinski definition) is 1. The molecule has 1 aromatic heterocycles.